The number of nitrogens with two attached hydrogens (primary N) is 1. The van der Waals surface area contributed by atoms with Gasteiger partial charge < -0.3 is 21.6 Å². The summed E-state index contributed by atoms with van der Waals surface area (Å²) in [5.74, 6) is -0.418. The molecule has 0 bridgehead atoms. The van der Waals surface area contributed by atoms with Gasteiger partial charge in [-0.15, -0.1) is 0 Å². The summed E-state index contributed by atoms with van der Waals surface area (Å²) in [6.07, 6.45) is 0.124. The molecule has 0 amide bonds. The van der Waals surface area contributed by atoms with E-state index in [1.54, 1.807) is 6.92 Å². The van der Waals surface area contributed by atoms with Crippen molar-refractivity contribution in [3.8, 4) is 0 Å². The molecule has 4 nitrogen and oxygen atoms in total. The van der Waals surface area contributed by atoms with E-state index in [4.69, 9.17) is 10.5 Å². The lowest BCUT2D eigenvalue weighted by atomic mass is 10.3. The third kappa shape index (κ3) is 9.72. The van der Waals surface area contributed by atoms with E-state index in [1.165, 1.54) is 0 Å². The van der Waals surface area contributed by atoms with Crippen LogP contribution in [0.15, 0.2) is 12.2 Å². The van der Waals surface area contributed by atoms with Crippen molar-refractivity contribution in [2.24, 2.45) is 5.73 Å². The van der Waals surface area contributed by atoms with Crippen molar-refractivity contribution in [1.29, 1.82) is 0 Å². The monoisotopic (exact) mass is 236 g/mol. The van der Waals surface area contributed by atoms with Crippen molar-refractivity contribution < 1.29 is 26.4 Å². The lowest BCUT2D eigenvalue weighted by Gasteiger charge is -2.25. The topological polar surface area (TPSA) is 52.3 Å². The van der Waals surface area contributed by atoms with Crippen LogP contribution in [-0.2, 0) is 9.53 Å². The zero-order valence-electron chi connectivity index (χ0n) is 9.92. The Hall–Kier alpha value is -0.580. The molecule has 0 heterocycles. The van der Waals surface area contributed by atoms with Crippen LogP contribution in [0.4, 0.5) is 0 Å². The van der Waals surface area contributed by atoms with Crippen molar-refractivity contribution in [2.75, 3.05) is 27.7 Å². The SMILES string of the molecule is C=C(C)C(=O)OC(N)CC[N+](C)(C)C.[Cl-]. The quantitative estimate of drug-likeness (QED) is 0.248. The molecule has 5 heteroatoms. The second-order valence-corrected chi connectivity index (χ2v) is 4.53. The molecule has 0 fully saturated rings. The number of nitrogens with zero attached hydrogens (tertiary/aromatic N) is 1. The Balaban J connectivity index is 0. The molecule has 0 saturated carbocycles. The predicted molar refractivity (Wildman–Crippen MR) is 56.4 cm³/mol. The molecule has 0 rings (SSSR count). The molecule has 1 atom stereocenters. The van der Waals surface area contributed by atoms with E-state index in [1.807, 2.05) is 0 Å². The van der Waals surface area contributed by atoms with Crippen LogP contribution < -0.4 is 18.1 Å². The smallest absolute Gasteiger partial charge is 0.334 e. The molecule has 0 aromatic carbocycles. The largest absolute Gasteiger partial charge is 1.00 e. The lowest BCUT2D eigenvalue weighted by Crippen LogP contribution is -3.00. The van der Waals surface area contributed by atoms with Crippen molar-refractivity contribution in [3.63, 3.8) is 0 Å². The van der Waals surface area contributed by atoms with E-state index in [0.29, 0.717) is 12.0 Å². The molecule has 1 unspecified atom stereocenters. The zero-order chi connectivity index (χ0) is 11.4. The van der Waals surface area contributed by atoms with Gasteiger partial charge in [-0.25, -0.2) is 4.79 Å². The van der Waals surface area contributed by atoms with Crippen LogP contribution in [0.5, 0.6) is 0 Å². The molecule has 0 aliphatic rings. The van der Waals surface area contributed by atoms with Crippen LogP contribution in [0.2, 0.25) is 0 Å². The molecule has 15 heavy (non-hydrogen) atoms. The highest BCUT2D eigenvalue weighted by Crippen LogP contribution is 2.01. The number of esters is 1. The van der Waals surface area contributed by atoms with E-state index < -0.39 is 12.2 Å². The predicted octanol–water partition coefficient (Wildman–Crippen LogP) is -2.51. The van der Waals surface area contributed by atoms with Crippen LogP contribution in [-0.4, -0.2) is 44.4 Å². The van der Waals surface area contributed by atoms with Gasteiger partial charge in [0, 0.05) is 12.0 Å². The van der Waals surface area contributed by atoms with Gasteiger partial charge >= 0.3 is 5.97 Å². The summed E-state index contributed by atoms with van der Waals surface area (Å²) in [5, 5.41) is 0. The van der Waals surface area contributed by atoms with E-state index in [-0.39, 0.29) is 12.4 Å². The van der Waals surface area contributed by atoms with Gasteiger partial charge in [0.05, 0.1) is 27.7 Å². The van der Waals surface area contributed by atoms with Crippen LogP contribution >= 0.6 is 0 Å². The Morgan fingerprint density at radius 3 is 2.27 bits per heavy atom. The second-order valence-electron chi connectivity index (χ2n) is 4.53. The Bertz CT molecular complexity index is 224. The second kappa shape index (κ2) is 6.82. The molecule has 0 radical (unpaired) electrons. The first kappa shape index (κ1) is 16.8. The van der Waals surface area contributed by atoms with Gasteiger partial charge in [-0.05, 0) is 6.92 Å². The van der Waals surface area contributed by atoms with Gasteiger partial charge in [-0.2, -0.15) is 0 Å². The van der Waals surface area contributed by atoms with Gasteiger partial charge in [0.15, 0.2) is 6.23 Å². The molecule has 0 aromatic rings. The summed E-state index contributed by atoms with van der Waals surface area (Å²) in [5.41, 5.74) is 6.01. The van der Waals surface area contributed by atoms with E-state index in [0.717, 1.165) is 11.0 Å². The molecule has 90 valence electrons. The zero-order valence-corrected chi connectivity index (χ0v) is 10.7. The van der Waals surface area contributed by atoms with Crippen molar-refractivity contribution in [1.82, 2.24) is 0 Å². The van der Waals surface area contributed by atoms with E-state index >= 15 is 0 Å². The Morgan fingerprint density at radius 1 is 1.47 bits per heavy atom. The minimum Gasteiger partial charge on any atom is -1.00 e. The summed E-state index contributed by atoms with van der Waals surface area (Å²) in [6, 6.07) is 0. The van der Waals surface area contributed by atoms with E-state index in [9.17, 15) is 4.79 Å². The Labute approximate surface area is 98.1 Å². The normalized spacial score (nSPS) is 12.6. The van der Waals surface area contributed by atoms with Crippen LogP contribution in [0.1, 0.15) is 13.3 Å². The molecule has 0 aliphatic heterocycles. The number of hydrogen-bond donors (Lipinski definition) is 1. The molecule has 0 spiro atoms. The molecule has 2 N–H and O–H groups in total. The molecule has 0 aromatic heterocycles. The summed E-state index contributed by atoms with van der Waals surface area (Å²) < 4.78 is 5.74. The number of hydrogen-bond acceptors (Lipinski definition) is 3. The number of carbonyl (C=O) groups is 1. The highest BCUT2D eigenvalue weighted by molar-refractivity contribution is 5.87. The first-order chi connectivity index (χ1) is 6.22. The first-order valence-corrected chi connectivity index (χ1v) is 4.65. The summed E-state index contributed by atoms with van der Waals surface area (Å²) in [7, 11) is 6.19. The Kier molecular flexibility index (Phi) is 7.66. The summed E-state index contributed by atoms with van der Waals surface area (Å²) >= 11 is 0. The van der Waals surface area contributed by atoms with Crippen LogP contribution in [0.3, 0.4) is 0 Å². The van der Waals surface area contributed by atoms with Crippen LogP contribution in [0, 0.1) is 0 Å². The lowest BCUT2D eigenvalue weighted by molar-refractivity contribution is -0.870. The third-order valence-corrected chi connectivity index (χ3v) is 1.69. The highest BCUT2D eigenvalue weighted by atomic mass is 35.5. The number of rotatable bonds is 5. The van der Waals surface area contributed by atoms with Crippen molar-refractivity contribution in [3.05, 3.63) is 12.2 Å². The maximum Gasteiger partial charge on any atom is 0.334 e. The van der Waals surface area contributed by atoms with Gasteiger partial charge in [0.1, 0.15) is 0 Å². The maximum absolute atomic E-state index is 11.1. The molecular weight excluding hydrogens is 216 g/mol. The first-order valence-electron chi connectivity index (χ1n) is 4.65. The standard InChI is InChI=1S/C10H21N2O2.ClH/c1-8(2)10(13)14-9(11)6-7-12(3,4)5;/h9H,1,6-7,11H2,2-5H3;1H/q+1;/p-1. The van der Waals surface area contributed by atoms with Crippen LogP contribution in [0.25, 0.3) is 0 Å². The average molecular weight is 237 g/mol. The van der Waals surface area contributed by atoms with Gasteiger partial charge in [0.25, 0.3) is 0 Å². The number of carbonyl (C=O) groups excluding carboxylic acids is 1. The van der Waals surface area contributed by atoms with Gasteiger partial charge in [-0.1, -0.05) is 6.58 Å². The van der Waals surface area contributed by atoms with Crippen molar-refractivity contribution in [2.45, 2.75) is 19.6 Å². The average Bonchev–Trinajstić information content (AvgIpc) is 1.99. The Morgan fingerprint density at radius 2 is 1.93 bits per heavy atom. The fourth-order valence-corrected chi connectivity index (χ4v) is 0.812. The van der Waals surface area contributed by atoms with E-state index in [2.05, 4.69) is 27.7 Å². The molecule has 0 saturated heterocycles. The number of halogens is 1. The molecule has 0 aliphatic carbocycles. The fourth-order valence-electron chi connectivity index (χ4n) is 0.812. The number of quaternary nitrogens is 1. The van der Waals surface area contributed by atoms with Gasteiger partial charge in [0.2, 0.25) is 0 Å². The highest BCUT2D eigenvalue weighted by Gasteiger charge is 2.14. The fraction of sp³-hybridized carbons (Fsp3) is 0.700. The van der Waals surface area contributed by atoms with Crippen molar-refractivity contribution >= 4 is 5.97 Å². The minimum absolute atomic E-state index is 0. The molecular formula is C10H21ClN2O2. The minimum atomic E-state index is -0.531. The summed E-state index contributed by atoms with van der Waals surface area (Å²) in [6.45, 7) is 5.95. The number of ether oxygens (including phenoxy) is 1. The summed E-state index contributed by atoms with van der Waals surface area (Å²) in [4.78, 5) is 11.1. The van der Waals surface area contributed by atoms with Gasteiger partial charge in [-0.3, -0.25) is 5.73 Å². The maximum atomic E-state index is 11.1. The third-order valence-electron chi connectivity index (χ3n) is 1.69.